The minimum absolute atomic E-state index is 0.0938. The van der Waals surface area contributed by atoms with Crippen LogP contribution < -0.4 is 5.32 Å². The molecule has 0 atom stereocenters. The second-order valence-electron chi connectivity index (χ2n) is 5.67. The molecule has 1 N–H and O–H groups in total. The van der Waals surface area contributed by atoms with E-state index in [1.807, 2.05) is 57.2 Å². The molecule has 112 valence electrons. The number of nitrogens with zero attached hydrogens (tertiary/aromatic N) is 1. The van der Waals surface area contributed by atoms with Gasteiger partial charge in [0.1, 0.15) is 5.69 Å². The Balaban J connectivity index is 1.79. The molecule has 3 rings (SSSR count). The van der Waals surface area contributed by atoms with E-state index in [9.17, 15) is 4.79 Å². The lowest BCUT2D eigenvalue weighted by atomic mass is 10.1. The van der Waals surface area contributed by atoms with Crippen molar-refractivity contribution in [1.29, 1.82) is 0 Å². The van der Waals surface area contributed by atoms with Gasteiger partial charge in [-0.2, -0.15) is 0 Å². The highest BCUT2D eigenvalue weighted by Crippen LogP contribution is 2.21. The zero-order valence-corrected chi connectivity index (χ0v) is 12.9. The Hall–Kier alpha value is -2.62. The summed E-state index contributed by atoms with van der Waals surface area (Å²) in [4.78, 5) is 12.3. The van der Waals surface area contributed by atoms with Gasteiger partial charge in [0, 0.05) is 11.1 Å². The number of hydrogen-bond acceptors (Lipinski definition) is 3. The fourth-order valence-corrected chi connectivity index (χ4v) is 2.53. The molecule has 0 spiro atoms. The molecule has 0 saturated heterocycles. The number of aryl methyl sites for hydroxylation is 3. The lowest BCUT2D eigenvalue weighted by molar-refractivity contribution is -0.115. The van der Waals surface area contributed by atoms with E-state index in [-0.39, 0.29) is 12.3 Å². The van der Waals surface area contributed by atoms with Crippen LogP contribution in [-0.2, 0) is 11.2 Å². The lowest BCUT2D eigenvalue weighted by Gasteiger charge is -2.08. The molecule has 1 amide bonds. The molecule has 4 nitrogen and oxygen atoms in total. The van der Waals surface area contributed by atoms with Crippen LogP contribution in [0.25, 0.3) is 11.0 Å². The van der Waals surface area contributed by atoms with Crippen molar-refractivity contribution >= 4 is 22.6 Å². The molecule has 0 unspecified atom stereocenters. The van der Waals surface area contributed by atoms with Crippen LogP contribution in [0.1, 0.15) is 22.4 Å². The summed E-state index contributed by atoms with van der Waals surface area (Å²) < 4.78 is 5.26. The fraction of sp³-hybridized carbons (Fsp3) is 0.222. The van der Waals surface area contributed by atoms with Crippen molar-refractivity contribution in [2.75, 3.05) is 5.32 Å². The Morgan fingerprint density at radius 2 is 1.82 bits per heavy atom. The summed E-state index contributed by atoms with van der Waals surface area (Å²) in [5.74, 6) is -0.0938. The van der Waals surface area contributed by atoms with Gasteiger partial charge in [0.15, 0.2) is 5.58 Å². The Morgan fingerprint density at radius 1 is 1.09 bits per heavy atom. The first-order valence-electron chi connectivity index (χ1n) is 7.25. The van der Waals surface area contributed by atoms with E-state index in [2.05, 4.69) is 10.5 Å². The van der Waals surface area contributed by atoms with Gasteiger partial charge in [0.2, 0.25) is 5.91 Å². The monoisotopic (exact) mass is 294 g/mol. The van der Waals surface area contributed by atoms with Crippen LogP contribution >= 0.6 is 0 Å². The molecule has 1 heterocycles. The molecule has 1 aromatic heterocycles. The lowest BCUT2D eigenvalue weighted by Crippen LogP contribution is -2.15. The molecule has 0 aliphatic carbocycles. The summed E-state index contributed by atoms with van der Waals surface area (Å²) in [5, 5.41) is 7.85. The number of nitrogens with one attached hydrogen (secondary N) is 1. The van der Waals surface area contributed by atoms with E-state index >= 15 is 0 Å². The molecule has 0 aliphatic heterocycles. The second kappa shape index (κ2) is 5.64. The average Bonchev–Trinajstić information content (AvgIpc) is 2.84. The molecule has 0 radical (unpaired) electrons. The van der Waals surface area contributed by atoms with Crippen molar-refractivity contribution in [2.45, 2.75) is 27.2 Å². The minimum Gasteiger partial charge on any atom is -0.356 e. The molecular formula is C18H18N2O2. The highest BCUT2D eigenvalue weighted by molar-refractivity contribution is 5.95. The second-order valence-corrected chi connectivity index (χ2v) is 5.67. The van der Waals surface area contributed by atoms with Crippen molar-refractivity contribution in [3.63, 3.8) is 0 Å². The summed E-state index contributed by atoms with van der Waals surface area (Å²) in [6.45, 7) is 6.02. The number of hydrogen-bond donors (Lipinski definition) is 1. The van der Waals surface area contributed by atoms with Crippen molar-refractivity contribution in [3.05, 3.63) is 58.8 Å². The number of anilines is 1. The number of aromatic nitrogens is 1. The van der Waals surface area contributed by atoms with Crippen molar-refractivity contribution in [2.24, 2.45) is 0 Å². The third-order valence-corrected chi connectivity index (χ3v) is 3.68. The Morgan fingerprint density at radius 3 is 2.59 bits per heavy atom. The first kappa shape index (κ1) is 14.3. The Labute approximate surface area is 129 Å². The van der Waals surface area contributed by atoms with Crippen molar-refractivity contribution in [1.82, 2.24) is 5.16 Å². The molecule has 0 bridgehead atoms. The van der Waals surface area contributed by atoms with Gasteiger partial charge < -0.3 is 9.84 Å². The van der Waals surface area contributed by atoms with E-state index in [0.717, 1.165) is 22.2 Å². The van der Waals surface area contributed by atoms with Gasteiger partial charge in [0.05, 0.1) is 6.42 Å². The number of carbonyl (C=O) groups excluding carboxylic acids is 1. The maximum absolute atomic E-state index is 12.3. The van der Waals surface area contributed by atoms with E-state index in [1.54, 1.807) is 0 Å². The third-order valence-electron chi connectivity index (χ3n) is 3.68. The zero-order chi connectivity index (χ0) is 15.7. The van der Waals surface area contributed by atoms with Crippen LogP contribution in [0.15, 0.2) is 40.9 Å². The van der Waals surface area contributed by atoms with E-state index in [1.165, 1.54) is 5.56 Å². The smallest absolute Gasteiger partial charge is 0.230 e. The topological polar surface area (TPSA) is 55.1 Å². The van der Waals surface area contributed by atoms with Gasteiger partial charge in [-0.25, -0.2) is 0 Å². The van der Waals surface area contributed by atoms with Crippen LogP contribution in [0, 0.1) is 20.8 Å². The molecule has 3 aromatic rings. The standard InChI is InChI=1S/C18H18N2O2/c1-11-4-6-15(13(3)8-11)19-18(21)10-16-14-9-12(2)5-7-17(14)22-20-16/h4-9H,10H2,1-3H3,(H,19,21). The molecular weight excluding hydrogens is 276 g/mol. The minimum atomic E-state index is -0.0938. The van der Waals surface area contributed by atoms with E-state index in [4.69, 9.17) is 4.52 Å². The Bertz CT molecular complexity index is 849. The quantitative estimate of drug-likeness (QED) is 0.796. The largest absolute Gasteiger partial charge is 0.356 e. The maximum Gasteiger partial charge on any atom is 0.230 e. The summed E-state index contributed by atoms with van der Waals surface area (Å²) in [7, 11) is 0. The molecule has 4 heteroatoms. The number of carbonyl (C=O) groups is 1. The summed E-state index contributed by atoms with van der Waals surface area (Å²) >= 11 is 0. The van der Waals surface area contributed by atoms with Gasteiger partial charge >= 0.3 is 0 Å². The SMILES string of the molecule is Cc1ccc(NC(=O)Cc2noc3ccc(C)cc23)c(C)c1. The number of rotatable bonds is 3. The molecule has 22 heavy (non-hydrogen) atoms. The van der Waals surface area contributed by atoms with Gasteiger partial charge in [-0.1, -0.05) is 34.5 Å². The van der Waals surface area contributed by atoms with E-state index in [0.29, 0.717) is 11.3 Å². The van der Waals surface area contributed by atoms with Crippen LogP contribution in [0.5, 0.6) is 0 Å². The zero-order valence-electron chi connectivity index (χ0n) is 12.9. The van der Waals surface area contributed by atoms with Crippen LogP contribution in [0.3, 0.4) is 0 Å². The van der Waals surface area contributed by atoms with E-state index < -0.39 is 0 Å². The third kappa shape index (κ3) is 2.86. The molecule has 0 aliphatic rings. The van der Waals surface area contributed by atoms with Crippen molar-refractivity contribution in [3.8, 4) is 0 Å². The molecule has 0 saturated carbocycles. The fourth-order valence-electron chi connectivity index (χ4n) is 2.53. The van der Waals surface area contributed by atoms with Gasteiger partial charge in [-0.3, -0.25) is 4.79 Å². The first-order valence-corrected chi connectivity index (χ1v) is 7.25. The summed E-state index contributed by atoms with van der Waals surface area (Å²) in [6.07, 6.45) is 0.198. The highest BCUT2D eigenvalue weighted by atomic mass is 16.5. The van der Waals surface area contributed by atoms with Gasteiger partial charge in [-0.15, -0.1) is 0 Å². The molecule has 0 fully saturated rings. The number of fused-ring (bicyclic) bond motifs is 1. The van der Waals surface area contributed by atoms with Crippen LogP contribution in [-0.4, -0.2) is 11.1 Å². The summed E-state index contributed by atoms with van der Waals surface area (Å²) in [5.41, 5.74) is 5.55. The number of amides is 1. The summed E-state index contributed by atoms with van der Waals surface area (Å²) in [6, 6.07) is 11.8. The van der Waals surface area contributed by atoms with Crippen molar-refractivity contribution < 1.29 is 9.32 Å². The maximum atomic E-state index is 12.3. The van der Waals surface area contributed by atoms with Crippen LogP contribution in [0.2, 0.25) is 0 Å². The predicted molar refractivity (Wildman–Crippen MR) is 87.0 cm³/mol. The highest BCUT2D eigenvalue weighted by Gasteiger charge is 2.13. The molecule has 2 aromatic carbocycles. The number of benzene rings is 2. The normalized spacial score (nSPS) is 10.9. The van der Waals surface area contributed by atoms with Gasteiger partial charge in [-0.05, 0) is 44.5 Å². The average molecular weight is 294 g/mol. The Kier molecular flexibility index (Phi) is 3.67. The predicted octanol–water partition coefficient (Wildman–Crippen LogP) is 3.93. The van der Waals surface area contributed by atoms with Crippen LogP contribution in [0.4, 0.5) is 5.69 Å². The first-order chi connectivity index (χ1) is 10.5. The van der Waals surface area contributed by atoms with Gasteiger partial charge in [0.25, 0.3) is 0 Å².